The maximum Gasteiger partial charge on any atom is 0.234 e. The molecule has 1 saturated heterocycles. The van der Waals surface area contributed by atoms with Crippen LogP contribution in [-0.4, -0.2) is 48.6 Å². The van der Waals surface area contributed by atoms with Crippen molar-refractivity contribution in [2.75, 3.05) is 6.54 Å². The van der Waals surface area contributed by atoms with E-state index < -0.39 is 28.9 Å². The summed E-state index contributed by atoms with van der Waals surface area (Å²) in [5, 5.41) is 55.7. The second-order valence-electron chi connectivity index (χ2n) is 10.6. The molecule has 1 atom stereocenters. The van der Waals surface area contributed by atoms with E-state index in [9.17, 15) is 30.3 Å². The zero-order valence-corrected chi connectivity index (χ0v) is 23.3. The summed E-state index contributed by atoms with van der Waals surface area (Å²) in [6.45, 7) is 3.05. The Kier molecular flexibility index (Phi) is 12.1. The van der Waals surface area contributed by atoms with Crippen LogP contribution in [0.1, 0.15) is 107 Å². The maximum atomic E-state index is 13.2. The molecule has 216 valence electrons. The summed E-state index contributed by atoms with van der Waals surface area (Å²) in [4.78, 5) is 13.2. The number of nitrogens with zero attached hydrogens (tertiary/aromatic N) is 1. The minimum absolute atomic E-state index is 0.0117. The molecule has 2 aromatic rings. The van der Waals surface area contributed by atoms with Gasteiger partial charge in [0, 0.05) is 18.0 Å². The predicted octanol–water partition coefficient (Wildman–Crippen LogP) is 6.92. The number of aromatic nitrogens is 1. The lowest BCUT2D eigenvalue weighted by Gasteiger charge is -2.11. The number of unbranched alkanes of at least 4 members (excludes halogenated alkanes) is 8. The van der Waals surface area contributed by atoms with E-state index in [0.29, 0.717) is 12.8 Å². The van der Waals surface area contributed by atoms with Crippen LogP contribution in [-0.2, 0) is 6.42 Å². The molecule has 1 fully saturated rings. The minimum Gasteiger partial charge on any atom is -0.504 e. The van der Waals surface area contributed by atoms with Gasteiger partial charge in [0.05, 0.1) is 5.39 Å². The molecule has 0 saturated carbocycles. The third-order valence-corrected chi connectivity index (χ3v) is 7.58. The monoisotopic (exact) mass is 542 g/mol. The van der Waals surface area contributed by atoms with Crippen LogP contribution in [0.3, 0.4) is 0 Å². The molecule has 1 aliphatic heterocycles. The molecule has 0 spiro atoms. The highest BCUT2D eigenvalue weighted by Gasteiger charge is 2.31. The van der Waals surface area contributed by atoms with Gasteiger partial charge in [-0.25, -0.2) is 4.57 Å². The number of phenols is 4. The number of rotatable bonds is 16. The molecular weight excluding hydrogens is 496 g/mol. The maximum absolute atomic E-state index is 13.2. The van der Waals surface area contributed by atoms with Gasteiger partial charge in [0.2, 0.25) is 23.3 Å². The minimum atomic E-state index is -0.922. The second kappa shape index (κ2) is 15.5. The third-order valence-electron chi connectivity index (χ3n) is 7.58. The van der Waals surface area contributed by atoms with Crippen molar-refractivity contribution < 1.29 is 30.3 Å². The third kappa shape index (κ3) is 7.94. The molecule has 0 bridgehead atoms. The highest BCUT2D eigenvalue weighted by molar-refractivity contribution is 6.05. The first-order chi connectivity index (χ1) is 18.9. The molecule has 2 heterocycles. The number of hydrogen-bond donors (Lipinski definition) is 6. The summed E-state index contributed by atoms with van der Waals surface area (Å²) in [5.41, 5.74) is 0.0850. The number of nitrogens with one attached hydrogen (secondary N) is 1. The molecule has 0 radical (unpaired) electrons. The molecular formula is C31H46N2O6. The van der Waals surface area contributed by atoms with Crippen molar-refractivity contribution in [2.45, 2.75) is 109 Å². The van der Waals surface area contributed by atoms with Gasteiger partial charge in [-0.2, -0.15) is 0 Å². The molecule has 0 amide bonds. The van der Waals surface area contributed by atoms with Gasteiger partial charge in [0.25, 0.3) is 0 Å². The van der Waals surface area contributed by atoms with Crippen LogP contribution in [0.25, 0.3) is 10.9 Å². The predicted molar refractivity (Wildman–Crippen MR) is 155 cm³/mol. The normalized spacial score (nSPS) is 15.9. The molecule has 39 heavy (non-hydrogen) atoms. The molecule has 1 aromatic heterocycles. The highest BCUT2D eigenvalue weighted by Crippen LogP contribution is 2.52. The van der Waals surface area contributed by atoms with E-state index in [4.69, 9.17) is 0 Å². The molecule has 3 rings (SSSR count). The Bertz CT molecular complexity index is 1140. The van der Waals surface area contributed by atoms with E-state index >= 15 is 0 Å². The quantitative estimate of drug-likeness (QED) is 0.0586. The smallest absolute Gasteiger partial charge is 0.234 e. The standard InChI is InChI=1S/C31H46N2O6/c1-2-3-4-5-6-7-8-9-10-11-12-13-14-15-16-19-24(34)33-26-25(27(35)29(37)30(38)28(26)36)23(31(33)39)21-22-18-17-20-32-22/h6-7,9-10,22,32,35-39H,2-5,8,11-21H2,1H3/b7-6-,10-9-/t22-/m1/s1. The van der Waals surface area contributed by atoms with Crippen molar-refractivity contribution in [3.63, 3.8) is 0 Å². The average molecular weight is 543 g/mol. The van der Waals surface area contributed by atoms with Gasteiger partial charge in [-0.3, -0.25) is 4.79 Å². The van der Waals surface area contributed by atoms with Crippen LogP contribution in [0.4, 0.5) is 0 Å². The lowest BCUT2D eigenvalue weighted by Crippen LogP contribution is -2.23. The lowest BCUT2D eigenvalue weighted by molar-refractivity contribution is 0.0894. The zero-order valence-electron chi connectivity index (χ0n) is 23.3. The Balaban J connectivity index is 1.51. The number of phenolic OH excluding ortho intramolecular Hbond substituents is 4. The van der Waals surface area contributed by atoms with Gasteiger partial charge in [0.1, 0.15) is 5.52 Å². The Morgan fingerprint density at radius 3 is 2.15 bits per heavy atom. The Morgan fingerprint density at radius 1 is 0.846 bits per heavy atom. The summed E-state index contributed by atoms with van der Waals surface area (Å²) in [6.07, 6.45) is 22.9. The number of aromatic hydroxyl groups is 5. The largest absolute Gasteiger partial charge is 0.504 e. The Morgan fingerprint density at radius 2 is 1.49 bits per heavy atom. The first kappa shape index (κ1) is 30.4. The molecule has 1 aliphatic rings. The van der Waals surface area contributed by atoms with Gasteiger partial charge in [-0.05, 0) is 64.3 Å². The van der Waals surface area contributed by atoms with E-state index in [1.165, 1.54) is 25.7 Å². The van der Waals surface area contributed by atoms with Crippen LogP contribution < -0.4 is 5.32 Å². The Labute approximate surface area is 231 Å². The number of benzene rings is 1. The number of hydrogen-bond acceptors (Lipinski definition) is 7. The van der Waals surface area contributed by atoms with Crippen LogP contribution in [0.5, 0.6) is 28.9 Å². The van der Waals surface area contributed by atoms with Crippen LogP contribution >= 0.6 is 0 Å². The summed E-state index contributed by atoms with van der Waals surface area (Å²) in [5.74, 6) is -4.01. The van der Waals surface area contributed by atoms with Gasteiger partial charge in [-0.15, -0.1) is 0 Å². The summed E-state index contributed by atoms with van der Waals surface area (Å²) < 4.78 is 0.969. The fourth-order valence-corrected chi connectivity index (χ4v) is 5.35. The molecule has 8 nitrogen and oxygen atoms in total. The highest BCUT2D eigenvalue weighted by atomic mass is 16.3. The van der Waals surface area contributed by atoms with Crippen LogP contribution in [0, 0.1) is 0 Å². The van der Waals surface area contributed by atoms with Gasteiger partial charge >= 0.3 is 0 Å². The molecule has 0 aliphatic carbocycles. The number of carbonyl (C=O) groups excluding carboxylic acids is 1. The van der Waals surface area contributed by atoms with E-state index in [0.717, 1.165) is 62.5 Å². The van der Waals surface area contributed by atoms with E-state index in [-0.39, 0.29) is 34.8 Å². The van der Waals surface area contributed by atoms with Crippen molar-refractivity contribution in [3.05, 3.63) is 29.9 Å². The topological polar surface area (TPSA) is 135 Å². The molecule has 8 heteroatoms. The van der Waals surface area contributed by atoms with Crippen molar-refractivity contribution in [2.24, 2.45) is 0 Å². The lowest BCUT2D eigenvalue weighted by atomic mass is 10.0. The van der Waals surface area contributed by atoms with Gasteiger partial charge < -0.3 is 30.8 Å². The SMILES string of the molecule is CCCCC/C=C\C/C=C\CCCCCCCC(=O)n1c(O)c(C[C@H]2CCCN2)c2c(O)c(O)c(O)c(O)c21. The van der Waals surface area contributed by atoms with Crippen molar-refractivity contribution in [3.8, 4) is 28.9 Å². The fourth-order valence-electron chi connectivity index (χ4n) is 5.35. The Hall–Kier alpha value is -3.13. The van der Waals surface area contributed by atoms with Crippen LogP contribution in [0.2, 0.25) is 0 Å². The van der Waals surface area contributed by atoms with E-state index in [1.54, 1.807) is 0 Å². The fraction of sp³-hybridized carbons (Fsp3) is 0.581. The number of carbonyl (C=O) groups is 1. The van der Waals surface area contributed by atoms with Crippen molar-refractivity contribution >= 4 is 16.8 Å². The average Bonchev–Trinajstić information content (AvgIpc) is 3.54. The second-order valence-corrected chi connectivity index (χ2v) is 10.6. The first-order valence-corrected chi connectivity index (χ1v) is 14.7. The molecule has 0 unspecified atom stereocenters. The number of fused-ring (bicyclic) bond motifs is 1. The number of allylic oxidation sites excluding steroid dienone is 4. The summed E-state index contributed by atoms with van der Waals surface area (Å²) in [7, 11) is 0. The van der Waals surface area contributed by atoms with Gasteiger partial charge in [-0.1, -0.05) is 63.3 Å². The molecule has 6 N–H and O–H groups in total. The van der Waals surface area contributed by atoms with Crippen LogP contribution in [0.15, 0.2) is 24.3 Å². The molecule has 1 aromatic carbocycles. The van der Waals surface area contributed by atoms with Crippen molar-refractivity contribution in [1.29, 1.82) is 0 Å². The summed E-state index contributed by atoms with van der Waals surface area (Å²) >= 11 is 0. The summed E-state index contributed by atoms with van der Waals surface area (Å²) in [6, 6.07) is 0.0319. The van der Waals surface area contributed by atoms with E-state index in [2.05, 4.69) is 36.5 Å². The first-order valence-electron chi connectivity index (χ1n) is 14.7. The van der Waals surface area contributed by atoms with Gasteiger partial charge in [0.15, 0.2) is 11.5 Å². The van der Waals surface area contributed by atoms with Crippen molar-refractivity contribution in [1.82, 2.24) is 9.88 Å². The van der Waals surface area contributed by atoms with E-state index in [1.807, 2.05) is 0 Å². The zero-order chi connectivity index (χ0) is 28.2.